The van der Waals surface area contributed by atoms with Crippen LogP contribution in [0, 0.1) is 0 Å². The minimum Gasteiger partial charge on any atom is -0.383 e. The summed E-state index contributed by atoms with van der Waals surface area (Å²) in [7, 11) is 1.73. The van der Waals surface area contributed by atoms with E-state index in [0.717, 1.165) is 39.2 Å². The summed E-state index contributed by atoms with van der Waals surface area (Å²) < 4.78 is 7.16. The molecule has 0 amide bonds. The summed E-state index contributed by atoms with van der Waals surface area (Å²) in [5.74, 6) is 0.675. The van der Waals surface area contributed by atoms with Gasteiger partial charge in [0.15, 0.2) is 0 Å². The van der Waals surface area contributed by atoms with Crippen molar-refractivity contribution in [3.05, 3.63) is 18.7 Å². The van der Waals surface area contributed by atoms with Gasteiger partial charge in [0.2, 0.25) is 0 Å². The first-order chi connectivity index (χ1) is 7.86. The van der Waals surface area contributed by atoms with Gasteiger partial charge in [-0.1, -0.05) is 0 Å². The van der Waals surface area contributed by atoms with Gasteiger partial charge in [-0.3, -0.25) is 4.90 Å². The third kappa shape index (κ3) is 5.49. The van der Waals surface area contributed by atoms with E-state index in [2.05, 4.69) is 14.5 Å². The molecule has 5 heteroatoms. The first-order valence-corrected chi connectivity index (χ1v) is 6.13. The lowest BCUT2D eigenvalue weighted by Crippen LogP contribution is -2.30. The van der Waals surface area contributed by atoms with Gasteiger partial charge in [0.1, 0.15) is 0 Å². The van der Waals surface area contributed by atoms with Crippen LogP contribution in [-0.4, -0.2) is 53.7 Å². The second-order valence-corrected chi connectivity index (χ2v) is 4.06. The number of ether oxygens (including phenoxy) is 1. The molecule has 92 valence electrons. The van der Waals surface area contributed by atoms with Crippen molar-refractivity contribution in [2.45, 2.75) is 13.0 Å². The Morgan fingerprint density at radius 3 is 2.88 bits per heavy atom. The van der Waals surface area contributed by atoms with Gasteiger partial charge in [0.25, 0.3) is 0 Å². The SMILES string of the molecule is COCCN(CCCl)CCCn1ccnc1. The maximum Gasteiger partial charge on any atom is 0.0945 e. The number of methoxy groups -OCH3 is 1. The Hall–Kier alpha value is -0.580. The largest absolute Gasteiger partial charge is 0.383 e. The minimum absolute atomic E-state index is 0.675. The fourth-order valence-corrected chi connectivity index (χ4v) is 1.81. The highest BCUT2D eigenvalue weighted by Crippen LogP contribution is 1.96. The summed E-state index contributed by atoms with van der Waals surface area (Å²) in [6, 6.07) is 0. The molecule has 0 aliphatic carbocycles. The minimum atomic E-state index is 0.675. The summed E-state index contributed by atoms with van der Waals surface area (Å²) in [5.41, 5.74) is 0. The monoisotopic (exact) mass is 245 g/mol. The molecule has 1 rings (SSSR count). The van der Waals surface area contributed by atoms with Gasteiger partial charge in [-0.25, -0.2) is 4.98 Å². The van der Waals surface area contributed by atoms with Gasteiger partial charge in [0, 0.05) is 45.0 Å². The number of hydrogen-bond donors (Lipinski definition) is 0. The molecule has 0 unspecified atom stereocenters. The number of nitrogens with zero attached hydrogens (tertiary/aromatic N) is 3. The lowest BCUT2D eigenvalue weighted by molar-refractivity contribution is 0.149. The topological polar surface area (TPSA) is 30.3 Å². The summed E-state index contributed by atoms with van der Waals surface area (Å²) in [6.45, 7) is 4.70. The number of imidazole rings is 1. The van der Waals surface area contributed by atoms with E-state index in [0.29, 0.717) is 5.88 Å². The molecule has 0 N–H and O–H groups in total. The van der Waals surface area contributed by atoms with Crippen molar-refractivity contribution < 1.29 is 4.74 Å². The second-order valence-electron chi connectivity index (χ2n) is 3.68. The molecule has 0 aliphatic rings. The molecule has 1 aromatic rings. The predicted molar refractivity (Wildman–Crippen MR) is 65.9 cm³/mol. The molecular formula is C11H20ClN3O. The van der Waals surface area contributed by atoms with Crippen LogP contribution in [0.5, 0.6) is 0 Å². The summed E-state index contributed by atoms with van der Waals surface area (Å²) in [6.07, 6.45) is 6.75. The Kier molecular flexibility index (Phi) is 7.21. The first kappa shape index (κ1) is 13.5. The lowest BCUT2D eigenvalue weighted by Gasteiger charge is -2.20. The van der Waals surface area contributed by atoms with Crippen molar-refractivity contribution in [2.24, 2.45) is 0 Å². The second kappa shape index (κ2) is 8.56. The molecule has 16 heavy (non-hydrogen) atoms. The number of aromatic nitrogens is 2. The van der Waals surface area contributed by atoms with Gasteiger partial charge in [0.05, 0.1) is 12.9 Å². The molecule has 1 heterocycles. The highest BCUT2D eigenvalue weighted by molar-refractivity contribution is 6.18. The molecule has 1 aromatic heterocycles. The van der Waals surface area contributed by atoms with Gasteiger partial charge >= 0.3 is 0 Å². The average Bonchev–Trinajstić information content (AvgIpc) is 2.79. The zero-order chi connectivity index (χ0) is 11.6. The fraction of sp³-hybridized carbons (Fsp3) is 0.727. The van der Waals surface area contributed by atoms with E-state index in [1.54, 1.807) is 13.3 Å². The third-order valence-electron chi connectivity index (χ3n) is 2.46. The van der Waals surface area contributed by atoms with Crippen LogP contribution < -0.4 is 0 Å². The van der Waals surface area contributed by atoms with Crippen LogP contribution in [-0.2, 0) is 11.3 Å². The number of rotatable bonds is 9. The van der Waals surface area contributed by atoms with Crippen molar-refractivity contribution in [1.82, 2.24) is 14.5 Å². The molecule has 0 saturated heterocycles. The average molecular weight is 246 g/mol. The van der Waals surface area contributed by atoms with Crippen LogP contribution in [0.1, 0.15) is 6.42 Å². The number of aryl methyl sites for hydroxylation is 1. The van der Waals surface area contributed by atoms with Crippen LogP contribution >= 0.6 is 11.6 Å². The van der Waals surface area contributed by atoms with Crippen molar-refractivity contribution >= 4 is 11.6 Å². The lowest BCUT2D eigenvalue weighted by atomic mass is 10.3. The van der Waals surface area contributed by atoms with Crippen molar-refractivity contribution in [1.29, 1.82) is 0 Å². The summed E-state index contributed by atoms with van der Waals surface area (Å²) in [5, 5.41) is 0. The van der Waals surface area contributed by atoms with Crippen LogP contribution in [0.25, 0.3) is 0 Å². The maximum atomic E-state index is 5.76. The maximum absolute atomic E-state index is 5.76. The van der Waals surface area contributed by atoms with Crippen molar-refractivity contribution in [3.63, 3.8) is 0 Å². The van der Waals surface area contributed by atoms with Gasteiger partial charge in [-0.05, 0) is 13.0 Å². The fourth-order valence-electron chi connectivity index (χ4n) is 1.57. The predicted octanol–water partition coefficient (Wildman–Crippen LogP) is 1.46. The molecule has 0 bridgehead atoms. The summed E-state index contributed by atoms with van der Waals surface area (Å²) in [4.78, 5) is 6.34. The molecule has 0 aliphatic heterocycles. The molecule has 4 nitrogen and oxygen atoms in total. The number of hydrogen-bond acceptors (Lipinski definition) is 3. The van der Waals surface area contributed by atoms with E-state index < -0.39 is 0 Å². The third-order valence-corrected chi connectivity index (χ3v) is 2.63. The van der Waals surface area contributed by atoms with Gasteiger partial charge in [-0.15, -0.1) is 11.6 Å². The molecule has 0 fully saturated rings. The zero-order valence-electron chi connectivity index (χ0n) is 9.81. The molecule has 0 aromatic carbocycles. The van der Waals surface area contributed by atoms with Crippen molar-refractivity contribution in [2.75, 3.05) is 39.2 Å². The van der Waals surface area contributed by atoms with Gasteiger partial charge in [-0.2, -0.15) is 0 Å². The Morgan fingerprint density at radius 1 is 1.38 bits per heavy atom. The summed E-state index contributed by atoms with van der Waals surface area (Å²) >= 11 is 5.76. The van der Waals surface area contributed by atoms with Crippen LogP contribution in [0.4, 0.5) is 0 Å². The first-order valence-electron chi connectivity index (χ1n) is 5.60. The smallest absolute Gasteiger partial charge is 0.0945 e. The number of alkyl halides is 1. The molecule has 0 atom stereocenters. The highest BCUT2D eigenvalue weighted by Gasteiger charge is 2.03. The molecule has 0 saturated carbocycles. The number of halogens is 1. The van der Waals surface area contributed by atoms with E-state index in [-0.39, 0.29) is 0 Å². The quantitative estimate of drug-likeness (QED) is 0.617. The highest BCUT2D eigenvalue weighted by atomic mass is 35.5. The van der Waals surface area contributed by atoms with Crippen LogP contribution in [0.2, 0.25) is 0 Å². The standard InChI is InChI=1S/C11H20ClN3O/c1-16-10-9-14(7-3-12)5-2-6-15-8-4-13-11-15/h4,8,11H,2-3,5-7,9-10H2,1H3. The van der Waals surface area contributed by atoms with E-state index in [9.17, 15) is 0 Å². The Bertz CT molecular complexity index is 254. The van der Waals surface area contributed by atoms with Crippen LogP contribution in [0.3, 0.4) is 0 Å². The normalized spacial score (nSPS) is 11.2. The Balaban J connectivity index is 2.15. The molecular weight excluding hydrogens is 226 g/mol. The zero-order valence-corrected chi connectivity index (χ0v) is 10.6. The van der Waals surface area contributed by atoms with Gasteiger partial charge < -0.3 is 9.30 Å². The van der Waals surface area contributed by atoms with E-state index in [1.165, 1.54) is 0 Å². The molecule has 0 spiro atoms. The van der Waals surface area contributed by atoms with E-state index in [1.807, 2.05) is 12.5 Å². The van der Waals surface area contributed by atoms with Crippen molar-refractivity contribution in [3.8, 4) is 0 Å². The van der Waals surface area contributed by atoms with E-state index in [4.69, 9.17) is 16.3 Å². The van der Waals surface area contributed by atoms with Crippen LogP contribution in [0.15, 0.2) is 18.7 Å². The Labute approximate surface area is 102 Å². The molecule has 0 radical (unpaired) electrons. The Morgan fingerprint density at radius 2 is 2.25 bits per heavy atom. The van der Waals surface area contributed by atoms with E-state index >= 15 is 0 Å².